The van der Waals surface area contributed by atoms with Gasteiger partial charge in [-0.25, -0.2) is 13.1 Å². The maximum absolute atomic E-state index is 12.0. The molecule has 0 aliphatic carbocycles. The highest BCUT2D eigenvalue weighted by Gasteiger charge is 2.26. The summed E-state index contributed by atoms with van der Waals surface area (Å²) in [4.78, 5) is 4.74. The number of piperazine rings is 1. The molecule has 0 saturated carbocycles. The van der Waals surface area contributed by atoms with Crippen LogP contribution in [0.15, 0.2) is 0 Å². The fourth-order valence-electron chi connectivity index (χ4n) is 2.65. The fraction of sp³-hybridized carbons (Fsp3) is 1.00. The molecular weight excluding hydrogens is 274 g/mol. The molecule has 0 aromatic heterocycles. The first-order chi connectivity index (χ1) is 9.21. The molecule has 0 radical (unpaired) electrons. The first-order valence-corrected chi connectivity index (χ1v) is 9.26. The number of likely N-dealkylation sites (N-methyl/N-ethyl adjacent to an activating group) is 1. The van der Waals surface area contributed by atoms with E-state index < -0.39 is 10.0 Å². The van der Waals surface area contributed by atoms with E-state index in [1.807, 2.05) is 13.8 Å². The van der Waals surface area contributed by atoms with Crippen molar-refractivity contribution in [3.8, 4) is 0 Å². The topological polar surface area (TPSA) is 52.7 Å². The van der Waals surface area contributed by atoms with Crippen molar-refractivity contribution in [3.63, 3.8) is 0 Å². The zero-order valence-electron chi connectivity index (χ0n) is 13.6. The molecule has 1 aliphatic rings. The van der Waals surface area contributed by atoms with E-state index in [1.165, 1.54) is 0 Å². The third-order valence-corrected chi connectivity index (χ3v) is 5.55. The van der Waals surface area contributed by atoms with E-state index in [1.54, 1.807) is 0 Å². The van der Waals surface area contributed by atoms with Crippen LogP contribution in [0.25, 0.3) is 0 Å². The SMILES string of the molecule is CC(C)CS(=O)(=O)NC[C@H](C(C)C)N1CCN(C)CC1. The Morgan fingerprint density at radius 2 is 1.60 bits per heavy atom. The van der Waals surface area contributed by atoms with Crippen LogP contribution in [0.1, 0.15) is 27.7 Å². The Bertz CT molecular complexity index is 374. The van der Waals surface area contributed by atoms with E-state index >= 15 is 0 Å². The Kier molecular flexibility index (Phi) is 6.91. The van der Waals surface area contributed by atoms with Gasteiger partial charge in [-0.1, -0.05) is 27.7 Å². The van der Waals surface area contributed by atoms with Gasteiger partial charge in [0, 0.05) is 38.8 Å². The van der Waals surface area contributed by atoms with E-state index in [0.29, 0.717) is 12.5 Å². The van der Waals surface area contributed by atoms with Crippen LogP contribution in [-0.2, 0) is 10.0 Å². The lowest BCUT2D eigenvalue weighted by Crippen LogP contribution is -2.54. The molecule has 0 aromatic carbocycles. The zero-order chi connectivity index (χ0) is 15.3. The van der Waals surface area contributed by atoms with Crippen LogP contribution in [0.5, 0.6) is 0 Å². The fourth-order valence-corrected chi connectivity index (χ4v) is 4.07. The number of nitrogens with zero attached hydrogens (tertiary/aromatic N) is 2. The average Bonchev–Trinajstić information content (AvgIpc) is 2.29. The summed E-state index contributed by atoms with van der Waals surface area (Å²) in [5, 5.41) is 0. The van der Waals surface area contributed by atoms with E-state index in [4.69, 9.17) is 0 Å². The van der Waals surface area contributed by atoms with Gasteiger partial charge < -0.3 is 4.90 Å². The molecule has 6 heteroatoms. The maximum Gasteiger partial charge on any atom is 0.211 e. The molecule has 120 valence electrons. The van der Waals surface area contributed by atoms with Gasteiger partial charge in [0.2, 0.25) is 10.0 Å². The summed E-state index contributed by atoms with van der Waals surface area (Å²) in [5.41, 5.74) is 0. The third-order valence-electron chi connectivity index (χ3n) is 3.84. The molecule has 1 rings (SSSR count). The van der Waals surface area contributed by atoms with Crippen molar-refractivity contribution in [2.24, 2.45) is 11.8 Å². The van der Waals surface area contributed by atoms with Crippen LogP contribution in [0.4, 0.5) is 0 Å². The molecule has 1 N–H and O–H groups in total. The average molecular weight is 305 g/mol. The molecule has 5 nitrogen and oxygen atoms in total. The standard InChI is InChI=1S/C14H31N3O2S/c1-12(2)11-20(18,19)15-10-14(13(3)4)17-8-6-16(5)7-9-17/h12-15H,6-11H2,1-5H3/t14-/m1/s1. The van der Waals surface area contributed by atoms with Crippen LogP contribution in [0, 0.1) is 11.8 Å². The van der Waals surface area contributed by atoms with Crippen LogP contribution >= 0.6 is 0 Å². The van der Waals surface area contributed by atoms with Crippen LogP contribution in [0.3, 0.4) is 0 Å². The first-order valence-electron chi connectivity index (χ1n) is 7.61. The van der Waals surface area contributed by atoms with Crippen LogP contribution in [0.2, 0.25) is 0 Å². The molecule has 1 fully saturated rings. The lowest BCUT2D eigenvalue weighted by atomic mass is 10.0. The van der Waals surface area contributed by atoms with Gasteiger partial charge in [0.05, 0.1) is 5.75 Å². The van der Waals surface area contributed by atoms with Gasteiger partial charge in [-0.2, -0.15) is 0 Å². The minimum Gasteiger partial charge on any atom is -0.304 e. The smallest absolute Gasteiger partial charge is 0.211 e. The van der Waals surface area contributed by atoms with Gasteiger partial charge in [-0.3, -0.25) is 4.90 Å². The van der Waals surface area contributed by atoms with Crippen LogP contribution < -0.4 is 4.72 Å². The summed E-state index contributed by atoms with van der Waals surface area (Å²) >= 11 is 0. The van der Waals surface area contributed by atoms with E-state index in [0.717, 1.165) is 26.2 Å². The summed E-state index contributed by atoms with van der Waals surface area (Å²) in [6, 6.07) is 0.283. The molecule has 1 atom stereocenters. The molecule has 0 unspecified atom stereocenters. The van der Waals surface area contributed by atoms with Crippen molar-refractivity contribution in [1.29, 1.82) is 0 Å². The van der Waals surface area contributed by atoms with Gasteiger partial charge in [0.1, 0.15) is 0 Å². The van der Waals surface area contributed by atoms with E-state index in [-0.39, 0.29) is 17.7 Å². The quantitative estimate of drug-likeness (QED) is 0.757. The maximum atomic E-state index is 12.0. The summed E-state index contributed by atoms with van der Waals surface area (Å²) in [7, 11) is -1.01. The van der Waals surface area contributed by atoms with Gasteiger partial charge in [-0.05, 0) is 18.9 Å². The monoisotopic (exact) mass is 305 g/mol. The molecule has 20 heavy (non-hydrogen) atoms. The molecular formula is C14H31N3O2S. The molecule has 1 saturated heterocycles. The first kappa shape index (κ1) is 17.9. The second kappa shape index (κ2) is 7.73. The lowest BCUT2D eigenvalue weighted by Gasteiger charge is -2.39. The molecule has 1 heterocycles. The summed E-state index contributed by atoms with van der Waals surface area (Å²) < 4.78 is 26.7. The van der Waals surface area contributed by atoms with Crippen molar-refractivity contribution in [1.82, 2.24) is 14.5 Å². The molecule has 0 spiro atoms. The van der Waals surface area contributed by atoms with Gasteiger partial charge in [0.15, 0.2) is 0 Å². The molecule has 0 bridgehead atoms. The van der Waals surface area contributed by atoms with Gasteiger partial charge in [0.25, 0.3) is 0 Å². The van der Waals surface area contributed by atoms with E-state index in [2.05, 4.69) is 35.4 Å². The van der Waals surface area contributed by atoms with Crippen LogP contribution in [-0.4, -0.2) is 69.8 Å². The molecule has 1 aliphatic heterocycles. The highest BCUT2D eigenvalue weighted by Crippen LogP contribution is 2.13. The second-order valence-corrected chi connectivity index (χ2v) is 8.53. The van der Waals surface area contributed by atoms with Crippen molar-refractivity contribution in [2.45, 2.75) is 33.7 Å². The van der Waals surface area contributed by atoms with Gasteiger partial charge >= 0.3 is 0 Å². The Morgan fingerprint density at radius 3 is 2.05 bits per heavy atom. The lowest BCUT2D eigenvalue weighted by molar-refractivity contribution is 0.0905. The number of rotatable bonds is 7. The third kappa shape index (κ3) is 6.08. The van der Waals surface area contributed by atoms with E-state index in [9.17, 15) is 8.42 Å². The highest BCUT2D eigenvalue weighted by molar-refractivity contribution is 7.89. The van der Waals surface area contributed by atoms with Crippen molar-refractivity contribution in [2.75, 3.05) is 45.5 Å². The summed E-state index contributed by atoms with van der Waals surface area (Å²) in [6.07, 6.45) is 0. The minimum absolute atomic E-state index is 0.161. The number of nitrogens with one attached hydrogen (secondary N) is 1. The normalized spacial score (nSPS) is 20.8. The molecule has 0 aromatic rings. The van der Waals surface area contributed by atoms with Crippen molar-refractivity contribution >= 4 is 10.0 Å². The number of hydrogen-bond donors (Lipinski definition) is 1. The summed E-state index contributed by atoms with van der Waals surface area (Å²) in [5.74, 6) is 0.814. The number of hydrogen-bond acceptors (Lipinski definition) is 4. The Balaban J connectivity index is 2.55. The molecule has 0 amide bonds. The Morgan fingerprint density at radius 1 is 1.05 bits per heavy atom. The Labute approximate surface area is 124 Å². The van der Waals surface area contributed by atoms with Gasteiger partial charge in [-0.15, -0.1) is 0 Å². The highest BCUT2D eigenvalue weighted by atomic mass is 32.2. The Hall–Kier alpha value is -0.170. The minimum atomic E-state index is -3.15. The van der Waals surface area contributed by atoms with Crippen molar-refractivity contribution in [3.05, 3.63) is 0 Å². The predicted octanol–water partition coefficient (Wildman–Crippen LogP) is 0.834. The summed E-state index contributed by atoms with van der Waals surface area (Å²) in [6.45, 7) is 12.9. The zero-order valence-corrected chi connectivity index (χ0v) is 14.4. The van der Waals surface area contributed by atoms with Crippen molar-refractivity contribution < 1.29 is 8.42 Å². The largest absolute Gasteiger partial charge is 0.304 e. The predicted molar refractivity (Wildman–Crippen MR) is 84.3 cm³/mol. The number of sulfonamides is 1. The second-order valence-electron chi connectivity index (χ2n) is 6.67.